The Morgan fingerprint density at radius 2 is 2.00 bits per heavy atom. The Hall–Kier alpha value is -1.59. The smallest absolute Gasteiger partial charge is 0.355 e. The molecule has 2 heterocycles. The summed E-state index contributed by atoms with van der Waals surface area (Å²) >= 11 is 1.22. The fourth-order valence-corrected chi connectivity index (χ4v) is 5.79. The van der Waals surface area contributed by atoms with Gasteiger partial charge < -0.3 is 14.0 Å². The average molecular weight is 419 g/mol. The van der Waals surface area contributed by atoms with Crippen LogP contribution in [-0.4, -0.2) is 55.4 Å². The third-order valence-electron chi connectivity index (χ3n) is 5.32. The fourth-order valence-electron chi connectivity index (χ4n) is 2.86. The highest BCUT2D eigenvalue weighted by atomic mass is 32.2. The topological polar surface area (TPSA) is 108 Å². The maximum atomic E-state index is 12.8. The summed E-state index contributed by atoms with van der Waals surface area (Å²) in [7, 11) is -0.880. The van der Waals surface area contributed by atoms with Gasteiger partial charge in [0.1, 0.15) is 17.7 Å². The molecule has 0 spiro atoms. The number of thioether (sulfide) groups is 1. The van der Waals surface area contributed by atoms with Crippen molar-refractivity contribution in [3.05, 3.63) is 20.7 Å². The van der Waals surface area contributed by atoms with Gasteiger partial charge in [-0.05, 0) is 25.1 Å². The molecule has 11 heteroatoms. The van der Waals surface area contributed by atoms with Crippen LogP contribution < -0.4 is 0 Å². The van der Waals surface area contributed by atoms with Crippen molar-refractivity contribution in [2.45, 2.75) is 57.3 Å². The summed E-state index contributed by atoms with van der Waals surface area (Å²) in [5, 5.41) is 9.22. The molecule has 0 aliphatic carbocycles. The van der Waals surface area contributed by atoms with Gasteiger partial charge in [0.25, 0.3) is 5.09 Å². The van der Waals surface area contributed by atoms with E-state index in [1.807, 2.05) is 6.92 Å². The zero-order chi connectivity index (χ0) is 20.7. The van der Waals surface area contributed by atoms with Gasteiger partial charge in [-0.1, -0.05) is 32.5 Å². The molecular formula is C16H26N2O7SSi. The molecule has 0 aromatic rings. The summed E-state index contributed by atoms with van der Waals surface area (Å²) < 4.78 is 11.1. The molecule has 1 amide bonds. The predicted octanol–water partition coefficient (Wildman–Crippen LogP) is 2.52. The molecule has 3 atom stereocenters. The molecule has 0 aromatic carbocycles. The van der Waals surface area contributed by atoms with Gasteiger partial charge in [0.15, 0.2) is 8.32 Å². The highest BCUT2D eigenvalue weighted by molar-refractivity contribution is 8.04. The van der Waals surface area contributed by atoms with Crippen LogP contribution in [0.25, 0.3) is 0 Å². The molecule has 152 valence electrons. The summed E-state index contributed by atoms with van der Waals surface area (Å²) in [6.45, 7) is 12.1. The Balaban J connectivity index is 2.19. The monoisotopic (exact) mass is 418 g/mol. The zero-order valence-electron chi connectivity index (χ0n) is 16.6. The van der Waals surface area contributed by atoms with Crippen molar-refractivity contribution in [2.24, 2.45) is 5.92 Å². The van der Waals surface area contributed by atoms with Gasteiger partial charge in [0.05, 0.1) is 19.1 Å². The summed E-state index contributed by atoms with van der Waals surface area (Å²) in [6, 6.07) is 0. The maximum Gasteiger partial charge on any atom is 0.355 e. The van der Waals surface area contributed by atoms with Crippen molar-refractivity contribution < 1.29 is 28.7 Å². The standard InChI is InChI=1S/C16H26N2O7SSi/c1-9(25-27(6,7)16(2,3)4)11-13(19)17-12(15(20)23-5)10(26-14(11)17)8-24-18(21)22/h9,11,14H,8H2,1-7H3/t9-,11+,14-/m1/s1. The largest absolute Gasteiger partial charge is 0.464 e. The van der Waals surface area contributed by atoms with E-state index in [1.165, 1.54) is 23.8 Å². The normalized spacial score (nSPS) is 23.7. The third-order valence-corrected chi connectivity index (χ3v) is 11.2. The van der Waals surface area contributed by atoms with Gasteiger partial charge in [-0.3, -0.25) is 9.69 Å². The SMILES string of the molecule is COC(=O)C1=C(CO[N+](=O)[O-])S[C@@H]2[C@@H]([C@@H](C)O[Si](C)(C)C(C)(C)C)C(=O)N12. The van der Waals surface area contributed by atoms with E-state index in [0.29, 0.717) is 4.91 Å². The Morgan fingerprint density at radius 1 is 1.41 bits per heavy atom. The number of amides is 1. The molecule has 27 heavy (non-hydrogen) atoms. The quantitative estimate of drug-likeness (QED) is 0.204. The number of nitrogens with zero attached hydrogens (tertiary/aromatic N) is 2. The average Bonchev–Trinajstić information content (AvgIpc) is 2.84. The highest BCUT2D eigenvalue weighted by Crippen LogP contribution is 2.51. The Bertz CT molecular complexity index is 689. The van der Waals surface area contributed by atoms with Crippen LogP contribution >= 0.6 is 11.8 Å². The van der Waals surface area contributed by atoms with E-state index in [4.69, 9.17) is 9.16 Å². The van der Waals surface area contributed by atoms with Crippen LogP contribution in [0.3, 0.4) is 0 Å². The Labute approximate surface area is 163 Å². The first-order chi connectivity index (χ1) is 12.3. The van der Waals surface area contributed by atoms with Crippen molar-refractivity contribution in [3.8, 4) is 0 Å². The van der Waals surface area contributed by atoms with Crippen LogP contribution in [0.15, 0.2) is 10.6 Å². The minimum Gasteiger partial charge on any atom is -0.464 e. The molecular weight excluding hydrogens is 392 g/mol. The number of esters is 1. The number of ether oxygens (including phenoxy) is 1. The number of hydrogen-bond acceptors (Lipinski definition) is 8. The van der Waals surface area contributed by atoms with E-state index in [0.717, 1.165) is 0 Å². The number of methoxy groups -OCH3 is 1. The molecule has 0 N–H and O–H groups in total. The van der Waals surface area contributed by atoms with Gasteiger partial charge in [0, 0.05) is 4.91 Å². The second-order valence-corrected chi connectivity index (χ2v) is 14.1. The van der Waals surface area contributed by atoms with Crippen LogP contribution in [-0.2, 0) is 23.6 Å². The van der Waals surface area contributed by atoms with E-state index in [9.17, 15) is 19.7 Å². The lowest BCUT2D eigenvalue weighted by molar-refractivity contribution is -0.755. The Morgan fingerprint density at radius 3 is 2.48 bits per heavy atom. The molecule has 9 nitrogen and oxygen atoms in total. The van der Waals surface area contributed by atoms with Crippen LogP contribution in [0.5, 0.6) is 0 Å². The molecule has 1 saturated heterocycles. The second-order valence-electron chi connectivity index (χ2n) is 8.09. The van der Waals surface area contributed by atoms with Crippen LogP contribution in [0.2, 0.25) is 18.1 Å². The predicted molar refractivity (Wildman–Crippen MR) is 101 cm³/mol. The highest BCUT2D eigenvalue weighted by Gasteiger charge is 2.59. The van der Waals surface area contributed by atoms with E-state index in [-0.39, 0.29) is 28.1 Å². The molecule has 0 aromatic heterocycles. The first-order valence-electron chi connectivity index (χ1n) is 8.58. The van der Waals surface area contributed by atoms with E-state index < -0.39 is 31.9 Å². The molecule has 2 aliphatic heterocycles. The van der Waals surface area contributed by atoms with Crippen molar-refractivity contribution in [1.29, 1.82) is 0 Å². The fraction of sp³-hybridized carbons (Fsp3) is 0.750. The lowest BCUT2D eigenvalue weighted by Gasteiger charge is -2.48. The first-order valence-corrected chi connectivity index (χ1v) is 12.4. The lowest BCUT2D eigenvalue weighted by atomic mass is 9.92. The molecule has 2 aliphatic rings. The second kappa shape index (κ2) is 7.44. The molecule has 0 radical (unpaired) electrons. The number of fused-ring (bicyclic) bond motifs is 1. The first kappa shape index (κ1) is 21.7. The molecule has 0 saturated carbocycles. The number of hydrogen-bond donors (Lipinski definition) is 0. The van der Waals surface area contributed by atoms with E-state index in [2.05, 4.69) is 38.7 Å². The van der Waals surface area contributed by atoms with Gasteiger partial charge in [-0.15, -0.1) is 10.1 Å². The van der Waals surface area contributed by atoms with E-state index >= 15 is 0 Å². The van der Waals surface area contributed by atoms with Gasteiger partial charge in [-0.25, -0.2) is 4.79 Å². The summed E-state index contributed by atoms with van der Waals surface area (Å²) in [6.07, 6.45) is -0.332. The summed E-state index contributed by atoms with van der Waals surface area (Å²) in [5.74, 6) is -1.39. The number of rotatable bonds is 7. The van der Waals surface area contributed by atoms with Crippen molar-refractivity contribution in [3.63, 3.8) is 0 Å². The molecule has 0 bridgehead atoms. The number of carbonyl (C=O) groups is 2. The van der Waals surface area contributed by atoms with Crippen molar-refractivity contribution in [1.82, 2.24) is 4.90 Å². The zero-order valence-corrected chi connectivity index (χ0v) is 18.4. The van der Waals surface area contributed by atoms with Gasteiger partial charge in [-0.2, -0.15) is 0 Å². The number of carbonyl (C=O) groups excluding carboxylic acids is 2. The molecule has 2 rings (SSSR count). The summed E-state index contributed by atoms with van der Waals surface area (Å²) in [5.41, 5.74) is 0.0233. The minimum absolute atomic E-state index is 0.00328. The Kier molecular flexibility index (Phi) is 5.98. The molecule has 0 unspecified atom stereocenters. The lowest BCUT2D eigenvalue weighted by Crippen LogP contribution is -2.62. The van der Waals surface area contributed by atoms with Gasteiger partial charge >= 0.3 is 5.97 Å². The minimum atomic E-state index is -2.08. The van der Waals surface area contributed by atoms with E-state index in [1.54, 1.807) is 0 Å². The van der Waals surface area contributed by atoms with Gasteiger partial charge in [0.2, 0.25) is 5.91 Å². The summed E-state index contributed by atoms with van der Waals surface area (Å²) in [4.78, 5) is 41.4. The third kappa shape index (κ3) is 3.99. The van der Waals surface area contributed by atoms with Crippen LogP contribution in [0, 0.1) is 16.0 Å². The van der Waals surface area contributed by atoms with Crippen molar-refractivity contribution in [2.75, 3.05) is 13.7 Å². The van der Waals surface area contributed by atoms with Crippen LogP contribution in [0.1, 0.15) is 27.7 Å². The van der Waals surface area contributed by atoms with Crippen molar-refractivity contribution >= 4 is 32.0 Å². The van der Waals surface area contributed by atoms with Crippen LogP contribution in [0.4, 0.5) is 0 Å². The molecule has 1 fully saturated rings. The maximum absolute atomic E-state index is 12.8. The number of β-lactam (4-membered cyclic amide) rings is 1.